The molecule has 4 heterocycles. The van der Waals surface area contributed by atoms with Crippen LogP contribution < -0.4 is 5.73 Å². The van der Waals surface area contributed by atoms with E-state index in [2.05, 4.69) is 9.97 Å². The zero-order chi connectivity index (χ0) is 24.6. The molecule has 3 atom stereocenters. The molecule has 0 bridgehead atoms. The Morgan fingerprint density at radius 2 is 2.09 bits per heavy atom. The van der Waals surface area contributed by atoms with E-state index in [1.807, 2.05) is 0 Å². The van der Waals surface area contributed by atoms with Gasteiger partial charge in [0.1, 0.15) is 6.17 Å². The van der Waals surface area contributed by atoms with E-state index >= 15 is 0 Å². The number of aliphatic hydroxyl groups is 1. The molecule has 2 aliphatic heterocycles. The number of halogens is 4. The lowest BCUT2D eigenvalue weighted by Gasteiger charge is -2.36. The number of likely N-dealkylation sites (tertiary alicyclic amines) is 1. The van der Waals surface area contributed by atoms with Crippen molar-refractivity contribution in [1.29, 1.82) is 0 Å². The summed E-state index contributed by atoms with van der Waals surface area (Å²) >= 11 is 1.21. The highest BCUT2D eigenvalue weighted by Gasteiger charge is 2.40. The van der Waals surface area contributed by atoms with Crippen LogP contribution >= 0.6 is 11.3 Å². The summed E-state index contributed by atoms with van der Waals surface area (Å²) in [5.41, 5.74) is 5.10. The number of nitrogens with two attached hydrogens (primary N) is 1. The molecule has 0 aromatic carbocycles. The van der Waals surface area contributed by atoms with E-state index < -0.39 is 42.1 Å². The Balaban J connectivity index is 1.48. The molecule has 1 fully saturated rings. The third-order valence-corrected chi connectivity index (χ3v) is 6.76. The van der Waals surface area contributed by atoms with Crippen LogP contribution in [0.5, 0.6) is 0 Å². The van der Waals surface area contributed by atoms with Crippen molar-refractivity contribution >= 4 is 23.2 Å². The highest BCUT2D eigenvalue weighted by Crippen LogP contribution is 2.36. The number of hydrogen-bond acceptors (Lipinski definition) is 7. The number of rotatable bonds is 5. The summed E-state index contributed by atoms with van der Waals surface area (Å²) in [4.78, 5) is 35.7. The third kappa shape index (κ3) is 5.05. The Morgan fingerprint density at radius 3 is 2.76 bits per heavy atom. The Hall–Kier alpha value is -2.64. The van der Waals surface area contributed by atoms with Gasteiger partial charge in [-0.2, -0.15) is 13.2 Å². The van der Waals surface area contributed by atoms with Gasteiger partial charge in [-0.25, -0.2) is 14.4 Å². The topological polar surface area (TPSA) is 113 Å². The normalized spacial score (nSPS) is 22.0. The van der Waals surface area contributed by atoms with Gasteiger partial charge in [0, 0.05) is 37.5 Å². The van der Waals surface area contributed by atoms with Crippen LogP contribution in [-0.2, 0) is 28.7 Å². The van der Waals surface area contributed by atoms with Gasteiger partial charge in [0.05, 0.1) is 17.1 Å². The highest BCUT2D eigenvalue weighted by atomic mass is 32.1. The maximum Gasteiger partial charge on any atom is 0.433 e. The van der Waals surface area contributed by atoms with Gasteiger partial charge in [-0.15, -0.1) is 11.3 Å². The summed E-state index contributed by atoms with van der Waals surface area (Å²) in [6.45, 7) is -0.316. The van der Waals surface area contributed by atoms with E-state index in [9.17, 15) is 32.3 Å². The van der Waals surface area contributed by atoms with Crippen molar-refractivity contribution in [1.82, 2.24) is 19.8 Å². The van der Waals surface area contributed by atoms with Gasteiger partial charge in [0.15, 0.2) is 17.7 Å². The number of carbonyl (C=O) groups excluding carboxylic acids is 2. The molecule has 2 unspecified atom stereocenters. The number of hydrogen-bond donors (Lipinski definition) is 2. The van der Waals surface area contributed by atoms with E-state index in [1.165, 1.54) is 16.2 Å². The summed E-state index contributed by atoms with van der Waals surface area (Å²) < 4.78 is 54.8. The zero-order valence-electron chi connectivity index (χ0n) is 18.0. The molecular weight excluding hydrogens is 478 g/mol. The number of carbonyl (C=O) groups is 2. The summed E-state index contributed by atoms with van der Waals surface area (Å²) in [6.07, 6.45) is -8.29. The Morgan fingerprint density at radius 1 is 1.32 bits per heavy atom. The van der Waals surface area contributed by atoms with E-state index in [4.69, 9.17) is 5.73 Å². The summed E-state index contributed by atoms with van der Waals surface area (Å²) in [5.74, 6) is -0.933. The van der Waals surface area contributed by atoms with E-state index in [1.54, 1.807) is 17.5 Å². The standard InChI is InChI=1S/C21H23F4N5O3S/c22-13-3-4-16(31)30(20(13)33)9-11(26)8-17(32)29-6-5-12-14(10-29)27-19(15-2-1-7-34-15)28-18(12)21(23,24)25/h1-2,7,11,13,20,33H,3-6,8-10,26H2/t11-,13?,20?/m0/s1. The lowest BCUT2D eigenvalue weighted by atomic mass is 10.0. The van der Waals surface area contributed by atoms with Crippen molar-refractivity contribution in [2.45, 2.75) is 56.8 Å². The molecule has 184 valence electrons. The zero-order valence-corrected chi connectivity index (χ0v) is 18.8. The van der Waals surface area contributed by atoms with Crippen molar-refractivity contribution in [3.63, 3.8) is 0 Å². The maximum absolute atomic E-state index is 13.7. The fraction of sp³-hybridized carbons (Fsp3) is 0.524. The number of piperidine rings is 1. The molecule has 1 saturated heterocycles. The maximum atomic E-state index is 13.7. The predicted octanol–water partition coefficient (Wildman–Crippen LogP) is 2.10. The van der Waals surface area contributed by atoms with Crippen molar-refractivity contribution in [2.75, 3.05) is 13.1 Å². The van der Waals surface area contributed by atoms with Crippen LogP contribution in [0.2, 0.25) is 0 Å². The van der Waals surface area contributed by atoms with Crippen LogP contribution in [0.4, 0.5) is 17.6 Å². The molecule has 0 aliphatic carbocycles. The number of fused-ring (bicyclic) bond motifs is 1. The molecular formula is C21H23F4N5O3S. The minimum Gasteiger partial charge on any atom is -0.370 e. The largest absolute Gasteiger partial charge is 0.433 e. The number of thiophene rings is 1. The summed E-state index contributed by atoms with van der Waals surface area (Å²) in [5, 5.41) is 11.6. The molecule has 2 aromatic heterocycles. The number of nitrogens with zero attached hydrogens (tertiary/aromatic N) is 4. The van der Waals surface area contributed by atoms with E-state index in [0.29, 0.717) is 4.88 Å². The average molecular weight is 502 g/mol. The number of aliphatic hydroxyl groups excluding tert-OH is 1. The van der Waals surface area contributed by atoms with E-state index in [-0.39, 0.29) is 62.4 Å². The lowest BCUT2D eigenvalue weighted by Crippen LogP contribution is -2.54. The monoisotopic (exact) mass is 501 g/mol. The Bertz CT molecular complexity index is 1070. The Kier molecular flexibility index (Phi) is 6.87. The van der Waals surface area contributed by atoms with Crippen LogP contribution in [0.3, 0.4) is 0 Å². The predicted molar refractivity (Wildman–Crippen MR) is 114 cm³/mol. The summed E-state index contributed by atoms with van der Waals surface area (Å²) in [6, 6.07) is 2.42. The number of alkyl halides is 4. The Labute approximate surface area is 196 Å². The van der Waals surface area contributed by atoms with Gasteiger partial charge in [-0.05, 0) is 24.3 Å². The second kappa shape index (κ2) is 9.55. The minimum absolute atomic E-state index is 0.0289. The molecule has 0 saturated carbocycles. The van der Waals surface area contributed by atoms with Gasteiger partial charge in [0.2, 0.25) is 11.8 Å². The van der Waals surface area contributed by atoms with Gasteiger partial charge in [-0.1, -0.05) is 6.07 Å². The van der Waals surface area contributed by atoms with Gasteiger partial charge >= 0.3 is 6.18 Å². The molecule has 0 spiro atoms. The first kappa shape index (κ1) is 24.5. The first-order chi connectivity index (χ1) is 16.0. The highest BCUT2D eigenvalue weighted by molar-refractivity contribution is 7.13. The van der Waals surface area contributed by atoms with Gasteiger partial charge < -0.3 is 20.6 Å². The molecule has 2 amide bonds. The lowest BCUT2D eigenvalue weighted by molar-refractivity contribution is -0.155. The molecule has 3 N–H and O–H groups in total. The molecule has 13 heteroatoms. The van der Waals surface area contributed by atoms with E-state index in [0.717, 1.165) is 4.90 Å². The molecule has 8 nitrogen and oxygen atoms in total. The molecule has 4 rings (SSSR count). The molecule has 2 aliphatic rings. The average Bonchev–Trinajstić information content (AvgIpc) is 3.32. The van der Waals surface area contributed by atoms with Crippen molar-refractivity contribution in [3.8, 4) is 10.7 Å². The third-order valence-electron chi connectivity index (χ3n) is 5.89. The smallest absolute Gasteiger partial charge is 0.370 e. The van der Waals surface area contributed by atoms with Crippen LogP contribution in [0.25, 0.3) is 10.7 Å². The van der Waals surface area contributed by atoms with Crippen molar-refractivity contribution in [3.05, 3.63) is 34.5 Å². The van der Waals surface area contributed by atoms with Crippen LogP contribution in [0.1, 0.15) is 36.2 Å². The summed E-state index contributed by atoms with van der Waals surface area (Å²) in [7, 11) is 0. The van der Waals surface area contributed by atoms with Crippen LogP contribution in [-0.4, -0.2) is 68.2 Å². The first-order valence-electron chi connectivity index (χ1n) is 10.7. The fourth-order valence-corrected chi connectivity index (χ4v) is 4.83. The number of amides is 2. The SMILES string of the molecule is N[C@@H](CC(=O)N1CCc2c(nc(-c3cccs3)nc2C(F)(F)F)C1)CN1C(=O)CCC(F)C1O. The second-order valence-electron chi connectivity index (χ2n) is 8.34. The molecule has 0 radical (unpaired) electrons. The molecule has 34 heavy (non-hydrogen) atoms. The van der Waals surface area contributed by atoms with Crippen molar-refractivity contribution < 1.29 is 32.3 Å². The number of aromatic nitrogens is 2. The first-order valence-corrected chi connectivity index (χ1v) is 11.6. The van der Waals surface area contributed by atoms with Crippen LogP contribution in [0.15, 0.2) is 17.5 Å². The minimum atomic E-state index is -4.66. The van der Waals surface area contributed by atoms with Gasteiger partial charge in [-0.3, -0.25) is 9.59 Å². The quantitative estimate of drug-likeness (QED) is 0.607. The van der Waals surface area contributed by atoms with Gasteiger partial charge in [0.25, 0.3) is 0 Å². The second-order valence-corrected chi connectivity index (χ2v) is 9.29. The molecule has 2 aromatic rings. The van der Waals surface area contributed by atoms with Crippen molar-refractivity contribution in [2.24, 2.45) is 5.73 Å². The van der Waals surface area contributed by atoms with Crippen LogP contribution in [0, 0.1) is 0 Å². The fourth-order valence-electron chi connectivity index (χ4n) is 4.17.